The van der Waals surface area contributed by atoms with Crippen molar-refractivity contribution in [1.29, 1.82) is 0 Å². The van der Waals surface area contributed by atoms with Crippen LogP contribution >= 0.6 is 22.6 Å². The maximum atomic E-state index is 11.7. The molecule has 0 aliphatic heterocycles. The van der Waals surface area contributed by atoms with E-state index < -0.39 is 5.60 Å². The molecule has 0 aromatic heterocycles. The number of hydrogen-bond acceptors (Lipinski definition) is 2. The Morgan fingerprint density at radius 2 is 1.81 bits per heavy atom. The predicted molar refractivity (Wildman–Crippen MR) is 74.2 cm³/mol. The molecule has 0 bridgehead atoms. The predicted octanol–water partition coefficient (Wildman–Crippen LogP) is 3.62. The first-order chi connectivity index (χ1) is 7.42. The number of alkyl halides is 1. The summed E-state index contributed by atoms with van der Waals surface area (Å²) in [5, 5.41) is 0. The van der Waals surface area contributed by atoms with Crippen molar-refractivity contribution in [3.8, 4) is 0 Å². The SMILES string of the molecule is CC(C)(C)OC(=O)c1ccc(CCI)cc1. The number of hydrogen-bond donors (Lipinski definition) is 0. The van der Waals surface area contributed by atoms with E-state index in [0.29, 0.717) is 5.56 Å². The Bertz CT molecular complexity index is 349. The second kappa shape index (κ2) is 5.66. The molecule has 3 heteroatoms. The van der Waals surface area contributed by atoms with Gasteiger partial charge in [0, 0.05) is 4.43 Å². The summed E-state index contributed by atoms with van der Waals surface area (Å²) in [6.07, 6.45) is 1.04. The van der Waals surface area contributed by atoms with Gasteiger partial charge >= 0.3 is 5.97 Å². The number of benzene rings is 1. The van der Waals surface area contributed by atoms with E-state index in [9.17, 15) is 4.79 Å². The minimum atomic E-state index is -0.433. The molecule has 0 radical (unpaired) electrons. The zero-order valence-corrected chi connectivity index (χ0v) is 12.1. The van der Waals surface area contributed by atoms with Gasteiger partial charge in [-0.25, -0.2) is 4.79 Å². The molecule has 0 saturated heterocycles. The van der Waals surface area contributed by atoms with E-state index in [1.54, 1.807) is 0 Å². The summed E-state index contributed by atoms with van der Waals surface area (Å²) in [5.41, 5.74) is 1.44. The van der Waals surface area contributed by atoms with E-state index in [1.807, 2.05) is 45.0 Å². The summed E-state index contributed by atoms with van der Waals surface area (Å²) in [4.78, 5) is 11.7. The Morgan fingerprint density at radius 1 is 1.25 bits per heavy atom. The molecule has 1 aromatic carbocycles. The summed E-state index contributed by atoms with van der Waals surface area (Å²) < 4.78 is 6.37. The Balaban J connectivity index is 2.70. The van der Waals surface area contributed by atoms with Crippen LogP contribution in [0, 0.1) is 0 Å². The molecule has 0 atom stereocenters. The molecule has 0 amide bonds. The molecular formula is C13H17IO2. The average molecular weight is 332 g/mol. The van der Waals surface area contributed by atoms with E-state index in [2.05, 4.69) is 22.6 Å². The number of carbonyl (C=O) groups is 1. The molecular weight excluding hydrogens is 315 g/mol. The zero-order chi connectivity index (χ0) is 12.2. The molecule has 0 N–H and O–H groups in total. The fraction of sp³-hybridized carbons (Fsp3) is 0.462. The molecule has 0 saturated carbocycles. The third-order valence-electron chi connectivity index (χ3n) is 1.97. The number of halogens is 1. The Morgan fingerprint density at radius 3 is 2.25 bits per heavy atom. The number of aryl methyl sites for hydroxylation is 1. The first-order valence-corrected chi connectivity index (χ1v) is 6.83. The first kappa shape index (κ1) is 13.5. The van der Waals surface area contributed by atoms with Crippen LogP contribution in [0.1, 0.15) is 36.7 Å². The lowest BCUT2D eigenvalue weighted by atomic mass is 10.1. The lowest BCUT2D eigenvalue weighted by Gasteiger charge is -2.19. The Labute approximate surface area is 111 Å². The van der Waals surface area contributed by atoms with Crippen molar-refractivity contribution in [2.24, 2.45) is 0 Å². The Hall–Kier alpha value is -0.580. The van der Waals surface area contributed by atoms with Crippen LogP contribution in [-0.2, 0) is 11.2 Å². The average Bonchev–Trinajstić information content (AvgIpc) is 2.16. The second-order valence-electron chi connectivity index (χ2n) is 4.64. The van der Waals surface area contributed by atoms with Gasteiger partial charge in [0.1, 0.15) is 5.60 Å². The largest absolute Gasteiger partial charge is 0.456 e. The van der Waals surface area contributed by atoms with E-state index in [1.165, 1.54) is 5.56 Å². The molecule has 0 heterocycles. The maximum absolute atomic E-state index is 11.7. The lowest BCUT2D eigenvalue weighted by molar-refractivity contribution is 0.00695. The van der Waals surface area contributed by atoms with Gasteiger partial charge in [-0.15, -0.1) is 0 Å². The van der Waals surface area contributed by atoms with Crippen molar-refractivity contribution in [3.05, 3.63) is 35.4 Å². The Kier molecular flexibility index (Phi) is 4.77. The molecule has 16 heavy (non-hydrogen) atoms. The quantitative estimate of drug-likeness (QED) is 0.480. The summed E-state index contributed by atoms with van der Waals surface area (Å²) >= 11 is 2.34. The van der Waals surface area contributed by atoms with Crippen LogP contribution in [0.2, 0.25) is 0 Å². The van der Waals surface area contributed by atoms with Crippen molar-refractivity contribution < 1.29 is 9.53 Å². The van der Waals surface area contributed by atoms with Crippen molar-refractivity contribution in [1.82, 2.24) is 0 Å². The summed E-state index contributed by atoms with van der Waals surface area (Å²) in [5.74, 6) is -0.256. The molecule has 0 spiro atoms. The minimum absolute atomic E-state index is 0.256. The maximum Gasteiger partial charge on any atom is 0.338 e. The van der Waals surface area contributed by atoms with Gasteiger partial charge in [0.25, 0.3) is 0 Å². The molecule has 1 rings (SSSR count). The standard InChI is InChI=1S/C13H17IO2/c1-13(2,3)16-12(15)11-6-4-10(5-7-11)8-9-14/h4-7H,8-9H2,1-3H3. The lowest BCUT2D eigenvalue weighted by Crippen LogP contribution is -2.23. The van der Waals surface area contributed by atoms with Gasteiger partial charge in [-0.2, -0.15) is 0 Å². The van der Waals surface area contributed by atoms with E-state index in [4.69, 9.17) is 4.74 Å². The minimum Gasteiger partial charge on any atom is -0.456 e. The fourth-order valence-corrected chi connectivity index (χ4v) is 1.88. The highest BCUT2D eigenvalue weighted by molar-refractivity contribution is 14.1. The van der Waals surface area contributed by atoms with Gasteiger partial charge in [-0.1, -0.05) is 34.7 Å². The highest BCUT2D eigenvalue weighted by atomic mass is 127. The number of carbonyl (C=O) groups excluding carboxylic acids is 1. The van der Waals surface area contributed by atoms with Crippen LogP contribution in [0.3, 0.4) is 0 Å². The van der Waals surface area contributed by atoms with Crippen molar-refractivity contribution in [2.45, 2.75) is 32.8 Å². The number of esters is 1. The van der Waals surface area contributed by atoms with Crippen molar-refractivity contribution in [2.75, 3.05) is 4.43 Å². The third kappa shape index (κ3) is 4.51. The normalized spacial score (nSPS) is 11.2. The van der Waals surface area contributed by atoms with E-state index in [-0.39, 0.29) is 5.97 Å². The molecule has 0 unspecified atom stereocenters. The number of rotatable bonds is 3. The molecule has 2 nitrogen and oxygen atoms in total. The van der Waals surface area contributed by atoms with Crippen LogP contribution in [0.5, 0.6) is 0 Å². The van der Waals surface area contributed by atoms with Gasteiger partial charge in [0.15, 0.2) is 0 Å². The molecule has 1 aromatic rings. The third-order valence-corrected chi connectivity index (χ3v) is 2.51. The van der Waals surface area contributed by atoms with Gasteiger partial charge in [-0.05, 0) is 44.9 Å². The van der Waals surface area contributed by atoms with Gasteiger partial charge < -0.3 is 4.74 Å². The molecule has 88 valence electrons. The van der Waals surface area contributed by atoms with Crippen LogP contribution in [0.4, 0.5) is 0 Å². The monoisotopic (exact) mass is 332 g/mol. The van der Waals surface area contributed by atoms with Gasteiger partial charge in [0.2, 0.25) is 0 Å². The molecule has 0 aliphatic rings. The number of ether oxygens (including phenoxy) is 1. The van der Waals surface area contributed by atoms with Gasteiger partial charge in [0.05, 0.1) is 5.56 Å². The smallest absolute Gasteiger partial charge is 0.338 e. The van der Waals surface area contributed by atoms with Crippen LogP contribution in [0.15, 0.2) is 24.3 Å². The molecule has 0 fully saturated rings. The fourth-order valence-electron chi connectivity index (χ4n) is 1.25. The van der Waals surface area contributed by atoms with E-state index >= 15 is 0 Å². The second-order valence-corrected chi connectivity index (χ2v) is 5.72. The molecule has 0 aliphatic carbocycles. The summed E-state index contributed by atoms with van der Waals surface area (Å²) in [7, 11) is 0. The van der Waals surface area contributed by atoms with Gasteiger partial charge in [-0.3, -0.25) is 0 Å². The highest BCUT2D eigenvalue weighted by Crippen LogP contribution is 2.13. The topological polar surface area (TPSA) is 26.3 Å². The zero-order valence-electron chi connectivity index (χ0n) is 9.92. The van der Waals surface area contributed by atoms with E-state index in [0.717, 1.165) is 10.8 Å². The first-order valence-electron chi connectivity index (χ1n) is 5.30. The highest BCUT2D eigenvalue weighted by Gasteiger charge is 2.17. The summed E-state index contributed by atoms with van der Waals surface area (Å²) in [6, 6.07) is 7.63. The van der Waals surface area contributed by atoms with Crippen molar-refractivity contribution >= 4 is 28.6 Å². The summed E-state index contributed by atoms with van der Waals surface area (Å²) in [6.45, 7) is 5.61. The van der Waals surface area contributed by atoms with Crippen LogP contribution in [-0.4, -0.2) is 16.0 Å². The van der Waals surface area contributed by atoms with Crippen LogP contribution < -0.4 is 0 Å². The van der Waals surface area contributed by atoms with Crippen LogP contribution in [0.25, 0.3) is 0 Å². The van der Waals surface area contributed by atoms with Crippen molar-refractivity contribution in [3.63, 3.8) is 0 Å².